The summed E-state index contributed by atoms with van der Waals surface area (Å²) in [5.74, 6) is 0.179. The van der Waals surface area contributed by atoms with Crippen molar-refractivity contribution in [2.45, 2.75) is 38.6 Å². The summed E-state index contributed by atoms with van der Waals surface area (Å²) in [6.07, 6.45) is 4.67. The van der Waals surface area contributed by atoms with Crippen LogP contribution >= 0.6 is 15.9 Å². The summed E-state index contributed by atoms with van der Waals surface area (Å²) in [4.78, 5) is 20.0. The van der Waals surface area contributed by atoms with Gasteiger partial charge in [-0.3, -0.25) is 9.20 Å². The van der Waals surface area contributed by atoms with Gasteiger partial charge in [-0.05, 0) is 72.7 Å². The van der Waals surface area contributed by atoms with E-state index in [4.69, 9.17) is 0 Å². The molecule has 0 spiro atoms. The summed E-state index contributed by atoms with van der Waals surface area (Å²) >= 11 is 3.47. The molecule has 35 heavy (non-hydrogen) atoms. The van der Waals surface area contributed by atoms with Crippen LogP contribution in [0.3, 0.4) is 0 Å². The molecule has 3 heterocycles. The fourth-order valence-corrected chi connectivity index (χ4v) is 5.18. The Morgan fingerprint density at radius 3 is 2.49 bits per heavy atom. The molecule has 1 N–H and O–H groups in total. The van der Waals surface area contributed by atoms with Crippen molar-refractivity contribution in [2.24, 2.45) is 0 Å². The molecule has 180 valence electrons. The van der Waals surface area contributed by atoms with Crippen molar-refractivity contribution in [2.75, 3.05) is 18.0 Å². The number of amides is 1. The van der Waals surface area contributed by atoms with Gasteiger partial charge in [-0.15, -0.1) is 0 Å². The number of carbonyl (C=O) groups excluding carboxylic acids is 1. The van der Waals surface area contributed by atoms with Crippen LogP contribution in [0.4, 0.5) is 10.1 Å². The van der Waals surface area contributed by atoms with Crippen LogP contribution in [0, 0.1) is 5.82 Å². The van der Waals surface area contributed by atoms with E-state index in [0.29, 0.717) is 24.6 Å². The van der Waals surface area contributed by atoms with Gasteiger partial charge in [0.25, 0.3) is 5.91 Å². The van der Waals surface area contributed by atoms with E-state index >= 15 is 0 Å². The monoisotopic (exact) mass is 534 g/mol. The first-order chi connectivity index (χ1) is 17.0. The van der Waals surface area contributed by atoms with Crippen LogP contribution in [0.15, 0.2) is 71.3 Å². The number of piperidine rings is 1. The zero-order chi connectivity index (χ0) is 24.4. The van der Waals surface area contributed by atoms with Crippen molar-refractivity contribution >= 4 is 33.2 Å². The number of halogens is 2. The smallest absolute Gasteiger partial charge is 0.270 e. The third-order valence-corrected chi connectivity index (χ3v) is 7.29. The SMILES string of the molecule is CCc1nc2cc(Br)ccn2c1C(=O)NCc1ccc(N2CCC(c3ccc(F)cc3)CC2)cc1. The number of hydrogen-bond acceptors (Lipinski definition) is 3. The minimum Gasteiger partial charge on any atom is -0.371 e. The largest absolute Gasteiger partial charge is 0.371 e. The second-order valence-electron chi connectivity index (χ2n) is 9.00. The molecule has 0 unspecified atom stereocenters. The highest BCUT2D eigenvalue weighted by Gasteiger charge is 2.21. The first kappa shape index (κ1) is 23.5. The van der Waals surface area contributed by atoms with Gasteiger partial charge < -0.3 is 10.2 Å². The standard InChI is InChI=1S/C28H28BrFN4O/c1-2-25-27(34-16-13-22(29)17-26(34)32-25)28(35)31-18-19-3-9-24(10-4-19)33-14-11-21(12-15-33)20-5-7-23(30)8-6-20/h3-10,13,16-17,21H,2,11-12,14-15,18H2,1H3,(H,31,35). The molecule has 0 bridgehead atoms. The van der Waals surface area contributed by atoms with Crippen molar-refractivity contribution in [1.82, 2.24) is 14.7 Å². The van der Waals surface area contributed by atoms with Gasteiger partial charge in [-0.1, -0.05) is 47.1 Å². The molecule has 2 aromatic heterocycles. The normalized spacial score (nSPS) is 14.4. The maximum Gasteiger partial charge on any atom is 0.270 e. The number of hydrogen-bond donors (Lipinski definition) is 1. The number of aromatic nitrogens is 2. The molecule has 0 radical (unpaired) electrons. The molecular weight excluding hydrogens is 507 g/mol. The first-order valence-electron chi connectivity index (χ1n) is 12.1. The van der Waals surface area contributed by atoms with Crippen molar-refractivity contribution in [3.05, 3.63) is 99.7 Å². The number of nitrogens with zero attached hydrogens (tertiary/aromatic N) is 3. The summed E-state index contributed by atoms with van der Waals surface area (Å²) in [6.45, 7) is 4.41. The fourth-order valence-electron chi connectivity index (χ4n) is 4.85. The molecule has 1 fully saturated rings. The quantitative estimate of drug-likeness (QED) is 0.324. The average molecular weight is 535 g/mol. The number of rotatable bonds is 6. The van der Waals surface area contributed by atoms with E-state index in [0.717, 1.165) is 47.3 Å². The number of aryl methyl sites for hydroxylation is 1. The Morgan fingerprint density at radius 1 is 1.09 bits per heavy atom. The lowest BCUT2D eigenvalue weighted by Crippen LogP contribution is -2.32. The second-order valence-corrected chi connectivity index (χ2v) is 9.91. The van der Waals surface area contributed by atoms with Gasteiger partial charge in [-0.2, -0.15) is 0 Å². The molecule has 2 aromatic carbocycles. The predicted octanol–water partition coefficient (Wildman–Crippen LogP) is 6.11. The van der Waals surface area contributed by atoms with Gasteiger partial charge in [0, 0.05) is 36.0 Å². The predicted molar refractivity (Wildman–Crippen MR) is 140 cm³/mol. The van der Waals surface area contributed by atoms with E-state index in [1.807, 2.05) is 41.8 Å². The molecular formula is C28H28BrFN4O. The van der Waals surface area contributed by atoms with Crippen LogP contribution in [0.5, 0.6) is 0 Å². The summed E-state index contributed by atoms with van der Waals surface area (Å²) in [6, 6.07) is 19.2. The molecule has 1 amide bonds. The number of nitrogens with one attached hydrogen (secondary N) is 1. The van der Waals surface area contributed by atoms with Gasteiger partial charge in [-0.25, -0.2) is 9.37 Å². The second kappa shape index (κ2) is 10.2. The summed E-state index contributed by atoms with van der Waals surface area (Å²) in [5.41, 5.74) is 5.61. The highest BCUT2D eigenvalue weighted by molar-refractivity contribution is 9.10. The third kappa shape index (κ3) is 5.10. The Balaban J connectivity index is 1.19. The Morgan fingerprint density at radius 2 is 1.80 bits per heavy atom. The molecule has 1 aliphatic rings. The molecule has 4 aromatic rings. The topological polar surface area (TPSA) is 49.6 Å². The lowest BCUT2D eigenvalue weighted by atomic mass is 9.89. The molecule has 0 atom stereocenters. The molecule has 7 heteroatoms. The summed E-state index contributed by atoms with van der Waals surface area (Å²) in [7, 11) is 0. The molecule has 5 rings (SSSR count). The third-order valence-electron chi connectivity index (χ3n) is 6.80. The fraction of sp³-hybridized carbons (Fsp3) is 0.286. The van der Waals surface area contributed by atoms with E-state index in [1.165, 1.54) is 11.3 Å². The van der Waals surface area contributed by atoms with Crippen LogP contribution in [0.1, 0.15) is 53.0 Å². The molecule has 1 saturated heterocycles. The maximum absolute atomic E-state index is 13.2. The molecule has 0 aliphatic carbocycles. The van der Waals surface area contributed by atoms with Crippen molar-refractivity contribution < 1.29 is 9.18 Å². The minimum absolute atomic E-state index is 0.122. The van der Waals surface area contributed by atoms with Gasteiger partial charge in [0.1, 0.15) is 17.2 Å². The highest BCUT2D eigenvalue weighted by Crippen LogP contribution is 2.30. The Hall–Kier alpha value is -3.19. The van der Waals surface area contributed by atoms with Crippen LogP contribution in [-0.4, -0.2) is 28.4 Å². The van der Waals surface area contributed by atoms with Crippen LogP contribution in [0.2, 0.25) is 0 Å². The van der Waals surface area contributed by atoms with E-state index < -0.39 is 0 Å². The number of pyridine rings is 1. The number of anilines is 1. The van der Waals surface area contributed by atoms with E-state index in [-0.39, 0.29) is 11.7 Å². The lowest BCUT2D eigenvalue weighted by molar-refractivity contribution is 0.0944. The van der Waals surface area contributed by atoms with Gasteiger partial charge in [0.2, 0.25) is 0 Å². The van der Waals surface area contributed by atoms with Crippen LogP contribution in [0.25, 0.3) is 5.65 Å². The summed E-state index contributed by atoms with van der Waals surface area (Å²) < 4.78 is 16.0. The molecule has 1 aliphatic heterocycles. The highest BCUT2D eigenvalue weighted by atomic mass is 79.9. The van der Waals surface area contributed by atoms with E-state index in [2.05, 4.69) is 55.4 Å². The number of fused-ring (bicyclic) bond motifs is 1. The van der Waals surface area contributed by atoms with E-state index in [9.17, 15) is 9.18 Å². The van der Waals surface area contributed by atoms with Gasteiger partial charge >= 0.3 is 0 Å². The number of benzene rings is 2. The minimum atomic E-state index is -0.181. The van der Waals surface area contributed by atoms with E-state index in [1.54, 1.807) is 12.1 Å². The van der Waals surface area contributed by atoms with Crippen molar-refractivity contribution in [1.29, 1.82) is 0 Å². The first-order valence-corrected chi connectivity index (χ1v) is 12.8. The summed E-state index contributed by atoms with van der Waals surface area (Å²) in [5, 5.41) is 3.06. The molecule has 5 nitrogen and oxygen atoms in total. The Labute approximate surface area is 213 Å². The van der Waals surface area contributed by atoms with Crippen LogP contribution < -0.4 is 10.2 Å². The maximum atomic E-state index is 13.2. The zero-order valence-electron chi connectivity index (χ0n) is 19.7. The number of carbonyl (C=O) groups is 1. The van der Waals surface area contributed by atoms with Crippen molar-refractivity contribution in [3.8, 4) is 0 Å². The van der Waals surface area contributed by atoms with Gasteiger partial charge in [0.05, 0.1) is 5.69 Å². The van der Waals surface area contributed by atoms with Crippen molar-refractivity contribution in [3.63, 3.8) is 0 Å². The Bertz CT molecular complexity index is 1330. The lowest BCUT2D eigenvalue weighted by Gasteiger charge is -2.34. The number of imidazole rings is 1. The molecule has 0 saturated carbocycles. The van der Waals surface area contributed by atoms with Crippen LogP contribution in [-0.2, 0) is 13.0 Å². The van der Waals surface area contributed by atoms with Gasteiger partial charge in [0.15, 0.2) is 0 Å². The zero-order valence-corrected chi connectivity index (χ0v) is 21.3. The Kier molecular flexibility index (Phi) is 6.86. The average Bonchev–Trinajstić information content (AvgIpc) is 3.26.